The van der Waals surface area contributed by atoms with Gasteiger partial charge in [0.15, 0.2) is 0 Å². The Morgan fingerprint density at radius 2 is 2.25 bits per heavy atom. The average Bonchev–Trinajstić information content (AvgIpc) is 3.02. The summed E-state index contributed by atoms with van der Waals surface area (Å²) in [5.41, 5.74) is 2.52. The highest BCUT2D eigenvalue weighted by Crippen LogP contribution is 2.39. The van der Waals surface area contributed by atoms with Crippen molar-refractivity contribution in [2.45, 2.75) is 39.2 Å². The van der Waals surface area contributed by atoms with E-state index in [4.69, 9.17) is 4.98 Å². The van der Waals surface area contributed by atoms with Gasteiger partial charge in [-0.05, 0) is 44.0 Å². The molecule has 0 bridgehead atoms. The van der Waals surface area contributed by atoms with Gasteiger partial charge in [-0.25, -0.2) is 4.98 Å². The average molecular weight is 336 g/mol. The molecule has 0 spiro atoms. The molecule has 0 aliphatic carbocycles. The van der Waals surface area contributed by atoms with Crippen LogP contribution in [-0.2, 0) is 12.0 Å². The second kappa shape index (κ2) is 5.15. The number of nitrogens with one attached hydrogen (secondary N) is 1. The fraction of sp³-hybridized carbons (Fsp3) is 0.562. The molecule has 1 aliphatic rings. The number of aromatic nitrogens is 2. The largest absolute Gasteiger partial charge is 0.328 e. The molecule has 2 aromatic rings. The van der Waals surface area contributed by atoms with E-state index in [-0.39, 0.29) is 5.41 Å². The summed E-state index contributed by atoms with van der Waals surface area (Å²) >= 11 is 3.55. The summed E-state index contributed by atoms with van der Waals surface area (Å²) in [6.45, 7) is 9.96. The number of aryl methyl sites for hydroxylation is 1. The first-order valence-corrected chi connectivity index (χ1v) is 8.25. The summed E-state index contributed by atoms with van der Waals surface area (Å²) in [4.78, 5) is 5.01. The fourth-order valence-corrected chi connectivity index (χ4v) is 3.81. The molecule has 1 aromatic carbocycles. The Hall–Kier alpha value is -0.870. The van der Waals surface area contributed by atoms with Crippen molar-refractivity contribution in [3.05, 3.63) is 28.5 Å². The van der Waals surface area contributed by atoms with Gasteiger partial charge >= 0.3 is 0 Å². The van der Waals surface area contributed by atoms with Crippen molar-refractivity contribution in [1.29, 1.82) is 0 Å². The molecule has 1 saturated heterocycles. The fourth-order valence-electron chi connectivity index (χ4n) is 3.46. The Morgan fingerprint density at radius 1 is 1.45 bits per heavy atom. The third-order valence-corrected chi connectivity index (χ3v) is 5.26. The second-order valence-corrected chi connectivity index (χ2v) is 6.97. The molecular weight excluding hydrogens is 314 g/mol. The van der Waals surface area contributed by atoms with Crippen LogP contribution in [0.1, 0.15) is 33.0 Å². The van der Waals surface area contributed by atoms with E-state index in [1.54, 1.807) is 0 Å². The van der Waals surface area contributed by atoms with Gasteiger partial charge in [0.1, 0.15) is 5.82 Å². The van der Waals surface area contributed by atoms with E-state index in [2.05, 4.69) is 64.8 Å². The van der Waals surface area contributed by atoms with Crippen molar-refractivity contribution in [2.24, 2.45) is 5.92 Å². The summed E-state index contributed by atoms with van der Waals surface area (Å²) in [5.74, 6) is 1.84. The smallest absolute Gasteiger partial charge is 0.117 e. The summed E-state index contributed by atoms with van der Waals surface area (Å²) < 4.78 is 3.50. The molecule has 108 valence electrons. The third-order valence-electron chi connectivity index (χ3n) is 4.77. The van der Waals surface area contributed by atoms with Crippen molar-refractivity contribution in [3.8, 4) is 0 Å². The van der Waals surface area contributed by atoms with Crippen molar-refractivity contribution in [3.63, 3.8) is 0 Å². The van der Waals surface area contributed by atoms with Crippen LogP contribution in [0.3, 0.4) is 0 Å². The van der Waals surface area contributed by atoms with Crippen LogP contribution in [-0.4, -0.2) is 22.6 Å². The van der Waals surface area contributed by atoms with Gasteiger partial charge in [-0.3, -0.25) is 0 Å². The first kappa shape index (κ1) is 14.1. The lowest BCUT2D eigenvalue weighted by atomic mass is 9.75. The van der Waals surface area contributed by atoms with Gasteiger partial charge in [-0.2, -0.15) is 0 Å². The second-order valence-electron chi connectivity index (χ2n) is 6.05. The van der Waals surface area contributed by atoms with E-state index < -0.39 is 0 Å². The van der Waals surface area contributed by atoms with Gasteiger partial charge in [-0.15, -0.1) is 0 Å². The molecule has 4 heteroatoms. The third kappa shape index (κ3) is 2.01. The van der Waals surface area contributed by atoms with E-state index >= 15 is 0 Å². The molecule has 1 unspecified atom stereocenters. The van der Waals surface area contributed by atoms with Crippen LogP contribution in [0.15, 0.2) is 22.7 Å². The molecule has 1 aliphatic heterocycles. The predicted octanol–water partition coefficient (Wildman–Crippen LogP) is 3.71. The highest BCUT2D eigenvalue weighted by atomic mass is 79.9. The molecule has 1 aromatic heterocycles. The summed E-state index contributed by atoms with van der Waals surface area (Å²) in [7, 11) is 0. The Bertz CT molecular complexity index is 624. The standard InChI is InChI=1S/C16H22BrN3/c1-4-20-14-6-5-12(17)9-13(14)19-15(20)16(11(2)3)7-8-18-10-16/h5-6,9,11,18H,4,7-8,10H2,1-3H3. The van der Waals surface area contributed by atoms with Crippen LogP contribution >= 0.6 is 15.9 Å². The highest BCUT2D eigenvalue weighted by Gasteiger charge is 2.42. The van der Waals surface area contributed by atoms with Crippen LogP contribution in [0, 0.1) is 5.92 Å². The number of halogens is 1. The van der Waals surface area contributed by atoms with Gasteiger partial charge < -0.3 is 9.88 Å². The maximum absolute atomic E-state index is 5.01. The Balaban J connectivity index is 2.24. The zero-order chi connectivity index (χ0) is 14.3. The quantitative estimate of drug-likeness (QED) is 0.926. The number of imidazole rings is 1. The van der Waals surface area contributed by atoms with Crippen molar-refractivity contribution in [1.82, 2.24) is 14.9 Å². The Labute approximate surface area is 128 Å². The molecule has 1 N–H and O–H groups in total. The van der Waals surface area contributed by atoms with E-state index in [0.717, 1.165) is 29.6 Å². The molecule has 20 heavy (non-hydrogen) atoms. The Kier molecular flexibility index (Phi) is 3.63. The van der Waals surface area contributed by atoms with Gasteiger partial charge in [0, 0.05) is 23.0 Å². The summed E-state index contributed by atoms with van der Waals surface area (Å²) in [6.07, 6.45) is 1.18. The molecule has 3 rings (SSSR count). The number of fused-ring (bicyclic) bond motifs is 1. The zero-order valence-corrected chi connectivity index (χ0v) is 14.0. The Morgan fingerprint density at radius 3 is 2.85 bits per heavy atom. The predicted molar refractivity (Wildman–Crippen MR) is 87.1 cm³/mol. The SMILES string of the molecule is CCn1c(C2(C(C)C)CCNC2)nc2cc(Br)ccc21. The number of hydrogen-bond acceptors (Lipinski definition) is 2. The lowest BCUT2D eigenvalue weighted by Crippen LogP contribution is -2.37. The van der Waals surface area contributed by atoms with Gasteiger partial charge in [-0.1, -0.05) is 29.8 Å². The van der Waals surface area contributed by atoms with E-state index in [1.807, 2.05) is 0 Å². The number of hydrogen-bond donors (Lipinski definition) is 1. The molecule has 0 radical (unpaired) electrons. The monoisotopic (exact) mass is 335 g/mol. The maximum Gasteiger partial charge on any atom is 0.117 e. The molecular formula is C16H22BrN3. The minimum atomic E-state index is 0.168. The molecule has 1 atom stereocenters. The van der Waals surface area contributed by atoms with Gasteiger partial charge in [0.05, 0.1) is 11.0 Å². The minimum Gasteiger partial charge on any atom is -0.328 e. The molecule has 0 amide bonds. The zero-order valence-electron chi connectivity index (χ0n) is 12.4. The lowest BCUT2D eigenvalue weighted by molar-refractivity contribution is 0.308. The topological polar surface area (TPSA) is 29.9 Å². The molecule has 0 saturated carbocycles. The van der Waals surface area contributed by atoms with Crippen molar-refractivity contribution < 1.29 is 0 Å². The highest BCUT2D eigenvalue weighted by molar-refractivity contribution is 9.10. The number of nitrogens with zero attached hydrogens (tertiary/aromatic N) is 2. The maximum atomic E-state index is 5.01. The van der Waals surface area contributed by atoms with Crippen LogP contribution < -0.4 is 5.32 Å². The first-order chi connectivity index (χ1) is 9.58. The van der Waals surface area contributed by atoms with E-state index in [9.17, 15) is 0 Å². The lowest BCUT2D eigenvalue weighted by Gasteiger charge is -2.32. The van der Waals surface area contributed by atoms with Crippen molar-refractivity contribution in [2.75, 3.05) is 13.1 Å². The molecule has 2 heterocycles. The van der Waals surface area contributed by atoms with E-state index in [0.29, 0.717) is 5.92 Å². The molecule has 1 fully saturated rings. The minimum absolute atomic E-state index is 0.168. The number of benzene rings is 1. The normalized spacial score (nSPS) is 23.1. The van der Waals surface area contributed by atoms with Gasteiger partial charge in [0.2, 0.25) is 0 Å². The van der Waals surface area contributed by atoms with Crippen LogP contribution in [0.4, 0.5) is 0 Å². The van der Waals surface area contributed by atoms with Crippen molar-refractivity contribution >= 4 is 27.0 Å². The molecule has 3 nitrogen and oxygen atoms in total. The first-order valence-electron chi connectivity index (χ1n) is 7.45. The van der Waals surface area contributed by atoms with Crippen LogP contribution in [0.5, 0.6) is 0 Å². The van der Waals surface area contributed by atoms with Crippen LogP contribution in [0.2, 0.25) is 0 Å². The summed E-state index contributed by atoms with van der Waals surface area (Å²) in [5, 5.41) is 3.54. The van der Waals surface area contributed by atoms with E-state index in [1.165, 1.54) is 17.8 Å². The van der Waals surface area contributed by atoms with Gasteiger partial charge in [0.25, 0.3) is 0 Å². The van der Waals surface area contributed by atoms with Crippen LogP contribution in [0.25, 0.3) is 11.0 Å². The summed E-state index contributed by atoms with van der Waals surface area (Å²) in [6, 6.07) is 6.41. The number of rotatable bonds is 3.